The minimum absolute atomic E-state index is 0.0391. The standard InChI is InChI=1S/C28H36N6O9/c1-16(2)26(27(40)30-12-21(35)31-18-6-4-17(5-7-18)14-43-25(39)11-29)32-22(36)13-33-19(15-42-3)10-20(28(33)41)34-23(37)8-9-24(34)38/h4-9,16,19-20,26H,10-15,29H2,1-3H3,(H,30,40)(H,31,35)(H,32,36). The van der Waals surface area contributed by atoms with Gasteiger partial charge in [-0.3, -0.25) is 38.5 Å². The SMILES string of the molecule is COCC1CC(N2C(=O)C=CC2=O)C(=O)N1CC(=O)NC(C(=O)NCC(=O)Nc1ccc(COC(=O)CN)cc1)C(C)C. The monoisotopic (exact) mass is 600 g/mol. The molecule has 1 saturated heterocycles. The van der Waals surface area contributed by atoms with E-state index in [1.165, 1.54) is 12.0 Å². The van der Waals surface area contributed by atoms with Crippen molar-refractivity contribution in [3.05, 3.63) is 42.0 Å². The molecule has 2 heterocycles. The fourth-order valence-corrected chi connectivity index (χ4v) is 4.65. The van der Waals surface area contributed by atoms with E-state index >= 15 is 0 Å². The molecule has 3 atom stereocenters. The first-order valence-corrected chi connectivity index (χ1v) is 13.6. The van der Waals surface area contributed by atoms with Crippen molar-refractivity contribution in [3.8, 4) is 0 Å². The number of imide groups is 1. The molecule has 2 aliphatic heterocycles. The van der Waals surface area contributed by atoms with Gasteiger partial charge in [0.15, 0.2) is 0 Å². The summed E-state index contributed by atoms with van der Waals surface area (Å²) in [6.45, 7) is 2.51. The van der Waals surface area contributed by atoms with E-state index < -0.39 is 66.1 Å². The van der Waals surface area contributed by atoms with E-state index in [1.54, 1.807) is 38.1 Å². The molecular weight excluding hydrogens is 564 g/mol. The van der Waals surface area contributed by atoms with E-state index in [0.717, 1.165) is 17.1 Å². The molecule has 2 aliphatic rings. The van der Waals surface area contributed by atoms with Gasteiger partial charge in [0.25, 0.3) is 11.8 Å². The van der Waals surface area contributed by atoms with Crippen LogP contribution in [0.1, 0.15) is 25.8 Å². The zero-order chi connectivity index (χ0) is 31.7. The first kappa shape index (κ1) is 32.9. The largest absolute Gasteiger partial charge is 0.460 e. The van der Waals surface area contributed by atoms with Crippen molar-refractivity contribution in [3.63, 3.8) is 0 Å². The zero-order valence-corrected chi connectivity index (χ0v) is 24.2. The normalized spacial score (nSPS) is 18.7. The van der Waals surface area contributed by atoms with Gasteiger partial charge in [0.2, 0.25) is 23.6 Å². The van der Waals surface area contributed by atoms with Crippen molar-refractivity contribution in [1.82, 2.24) is 20.4 Å². The number of carbonyl (C=O) groups excluding carboxylic acids is 7. The molecule has 3 rings (SSSR count). The molecule has 1 aromatic carbocycles. The number of benzene rings is 1. The van der Waals surface area contributed by atoms with Crippen LogP contribution in [0.15, 0.2) is 36.4 Å². The van der Waals surface area contributed by atoms with E-state index in [2.05, 4.69) is 16.0 Å². The lowest BCUT2D eigenvalue weighted by Crippen LogP contribution is -2.54. The van der Waals surface area contributed by atoms with Crippen LogP contribution in [-0.2, 0) is 49.6 Å². The second-order valence-electron chi connectivity index (χ2n) is 10.3. The zero-order valence-electron chi connectivity index (χ0n) is 24.2. The number of amides is 6. The highest BCUT2D eigenvalue weighted by Crippen LogP contribution is 2.26. The molecular formula is C28H36N6O9. The van der Waals surface area contributed by atoms with E-state index in [9.17, 15) is 33.6 Å². The molecule has 0 spiro atoms. The minimum Gasteiger partial charge on any atom is -0.460 e. The number of hydrogen-bond donors (Lipinski definition) is 4. The molecule has 15 heteroatoms. The van der Waals surface area contributed by atoms with Gasteiger partial charge in [-0.15, -0.1) is 0 Å². The Bertz CT molecular complexity index is 1260. The summed E-state index contributed by atoms with van der Waals surface area (Å²) >= 11 is 0. The first-order valence-electron chi connectivity index (χ1n) is 13.6. The maximum Gasteiger partial charge on any atom is 0.320 e. The van der Waals surface area contributed by atoms with Crippen LogP contribution in [0.2, 0.25) is 0 Å². The molecule has 0 radical (unpaired) electrons. The molecule has 232 valence electrons. The number of hydrogen-bond acceptors (Lipinski definition) is 10. The number of nitrogens with one attached hydrogen (secondary N) is 3. The molecule has 3 unspecified atom stereocenters. The fraction of sp³-hybridized carbons (Fsp3) is 0.464. The van der Waals surface area contributed by atoms with Gasteiger partial charge in [-0.05, 0) is 23.6 Å². The van der Waals surface area contributed by atoms with Gasteiger partial charge < -0.3 is 36.1 Å². The van der Waals surface area contributed by atoms with Gasteiger partial charge in [-0.25, -0.2) is 0 Å². The topological polar surface area (TPSA) is 207 Å². The molecule has 15 nitrogen and oxygen atoms in total. The third-order valence-electron chi connectivity index (χ3n) is 6.83. The van der Waals surface area contributed by atoms with Crippen LogP contribution in [0.25, 0.3) is 0 Å². The highest BCUT2D eigenvalue weighted by atomic mass is 16.5. The molecule has 0 saturated carbocycles. The lowest BCUT2D eigenvalue weighted by Gasteiger charge is -2.26. The summed E-state index contributed by atoms with van der Waals surface area (Å²) < 4.78 is 10.1. The van der Waals surface area contributed by atoms with E-state index in [-0.39, 0.29) is 38.6 Å². The van der Waals surface area contributed by atoms with Crippen molar-refractivity contribution < 1.29 is 43.0 Å². The Kier molecular flexibility index (Phi) is 11.5. The average Bonchev–Trinajstić information content (AvgIpc) is 3.46. The van der Waals surface area contributed by atoms with Gasteiger partial charge in [0, 0.05) is 31.4 Å². The lowest BCUT2D eigenvalue weighted by molar-refractivity contribution is -0.147. The van der Waals surface area contributed by atoms with Gasteiger partial charge in [-0.2, -0.15) is 0 Å². The van der Waals surface area contributed by atoms with Crippen LogP contribution in [0, 0.1) is 5.92 Å². The number of likely N-dealkylation sites (tertiary alicyclic amines) is 1. The summed E-state index contributed by atoms with van der Waals surface area (Å²) in [6.07, 6.45) is 2.28. The number of nitrogens with two attached hydrogens (primary N) is 1. The maximum absolute atomic E-state index is 13.1. The summed E-state index contributed by atoms with van der Waals surface area (Å²) in [6, 6.07) is 3.88. The van der Waals surface area contributed by atoms with Gasteiger partial charge in [0.1, 0.15) is 18.7 Å². The number of rotatable bonds is 14. The quantitative estimate of drug-likeness (QED) is 0.142. The Labute approximate surface area is 248 Å². The minimum atomic E-state index is -1.06. The van der Waals surface area contributed by atoms with E-state index in [1.807, 2.05) is 0 Å². The molecule has 6 amide bonds. The van der Waals surface area contributed by atoms with Crippen LogP contribution in [0.3, 0.4) is 0 Å². The van der Waals surface area contributed by atoms with Crippen LogP contribution in [0.4, 0.5) is 5.69 Å². The van der Waals surface area contributed by atoms with Crippen LogP contribution in [-0.4, -0.2) is 103 Å². The van der Waals surface area contributed by atoms with Crippen molar-refractivity contribution in [2.75, 3.05) is 38.7 Å². The highest BCUT2D eigenvalue weighted by Gasteiger charge is 2.47. The van der Waals surface area contributed by atoms with Crippen molar-refractivity contribution in [1.29, 1.82) is 0 Å². The Balaban J connectivity index is 1.53. The summed E-state index contributed by atoms with van der Waals surface area (Å²) in [7, 11) is 1.43. The highest BCUT2D eigenvalue weighted by molar-refractivity contribution is 6.15. The van der Waals surface area contributed by atoms with Gasteiger partial charge >= 0.3 is 5.97 Å². The molecule has 1 aromatic rings. The van der Waals surface area contributed by atoms with Crippen LogP contribution >= 0.6 is 0 Å². The Morgan fingerprint density at radius 3 is 2.26 bits per heavy atom. The Morgan fingerprint density at radius 1 is 1.02 bits per heavy atom. The van der Waals surface area contributed by atoms with Crippen LogP contribution < -0.4 is 21.7 Å². The van der Waals surface area contributed by atoms with Gasteiger partial charge in [0.05, 0.1) is 32.3 Å². The number of carbonyl (C=O) groups is 7. The second kappa shape index (κ2) is 15.0. The molecule has 0 aromatic heterocycles. The third kappa shape index (κ3) is 8.68. The predicted octanol–water partition coefficient (Wildman–Crippen LogP) is -1.58. The molecule has 43 heavy (non-hydrogen) atoms. The third-order valence-corrected chi connectivity index (χ3v) is 6.83. The number of esters is 1. The van der Waals surface area contributed by atoms with E-state index in [4.69, 9.17) is 15.2 Å². The Morgan fingerprint density at radius 2 is 1.67 bits per heavy atom. The fourth-order valence-electron chi connectivity index (χ4n) is 4.65. The number of nitrogens with zero attached hydrogens (tertiary/aromatic N) is 2. The molecule has 1 fully saturated rings. The van der Waals surface area contributed by atoms with Crippen molar-refractivity contribution >= 4 is 47.1 Å². The van der Waals surface area contributed by atoms with E-state index in [0.29, 0.717) is 11.3 Å². The number of anilines is 1. The molecule has 0 bridgehead atoms. The number of ether oxygens (including phenoxy) is 2. The van der Waals surface area contributed by atoms with Crippen LogP contribution in [0.5, 0.6) is 0 Å². The second-order valence-corrected chi connectivity index (χ2v) is 10.3. The number of methoxy groups -OCH3 is 1. The average molecular weight is 601 g/mol. The summed E-state index contributed by atoms with van der Waals surface area (Å²) in [5.74, 6) is -4.44. The summed E-state index contributed by atoms with van der Waals surface area (Å²) in [4.78, 5) is 89.0. The lowest BCUT2D eigenvalue weighted by atomic mass is 10.0. The Hall–Kier alpha value is -4.63. The van der Waals surface area contributed by atoms with Crippen molar-refractivity contribution in [2.24, 2.45) is 11.7 Å². The molecule has 0 aliphatic carbocycles. The van der Waals surface area contributed by atoms with Crippen molar-refractivity contribution in [2.45, 2.75) is 45.0 Å². The summed E-state index contributed by atoms with van der Waals surface area (Å²) in [5, 5.41) is 7.74. The predicted molar refractivity (Wildman–Crippen MR) is 150 cm³/mol. The van der Waals surface area contributed by atoms with Gasteiger partial charge in [-0.1, -0.05) is 26.0 Å². The smallest absolute Gasteiger partial charge is 0.320 e. The first-order chi connectivity index (χ1) is 20.4. The maximum atomic E-state index is 13.1. The molecule has 5 N–H and O–H groups in total. The summed E-state index contributed by atoms with van der Waals surface area (Å²) in [5.41, 5.74) is 6.34.